The van der Waals surface area contributed by atoms with Crippen LogP contribution in [0.25, 0.3) is 11.1 Å². The van der Waals surface area contributed by atoms with Gasteiger partial charge in [0, 0.05) is 18.1 Å². The van der Waals surface area contributed by atoms with Gasteiger partial charge < -0.3 is 14.6 Å². The summed E-state index contributed by atoms with van der Waals surface area (Å²) in [6.45, 7) is 3.80. The van der Waals surface area contributed by atoms with E-state index in [-0.39, 0.29) is 0 Å². The molecule has 0 aromatic heterocycles. The Morgan fingerprint density at radius 2 is 1.96 bits per heavy atom. The van der Waals surface area contributed by atoms with E-state index in [2.05, 4.69) is 24.3 Å². The van der Waals surface area contributed by atoms with Gasteiger partial charge in [0.25, 0.3) is 0 Å². The molecular formula is C21H22O4. The van der Waals surface area contributed by atoms with Crippen molar-refractivity contribution in [3.8, 4) is 22.6 Å². The maximum absolute atomic E-state index is 11.5. The number of benzene rings is 2. The molecule has 2 aliphatic rings. The largest absolute Gasteiger partial charge is 0.493 e. The van der Waals surface area contributed by atoms with E-state index in [1.165, 1.54) is 11.1 Å². The molecule has 130 valence electrons. The van der Waals surface area contributed by atoms with Gasteiger partial charge in [0.1, 0.15) is 11.5 Å². The first kappa shape index (κ1) is 16.0. The van der Waals surface area contributed by atoms with Gasteiger partial charge in [0.15, 0.2) is 5.60 Å². The van der Waals surface area contributed by atoms with Crippen molar-refractivity contribution in [2.45, 2.75) is 45.1 Å². The number of carboxylic acid groups (broad SMARTS) is 1. The van der Waals surface area contributed by atoms with Crippen molar-refractivity contribution in [1.29, 1.82) is 0 Å². The summed E-state index contributed by atoms with van der Waals surface area (Å²) < 4.78 is 11.6. The molecule has 2 aromatic rings. The highest BCUT2D eigenvalue weighted by Crippen LogP contribution is 2.43. The van der Waals surface area contributed by atoms with Crippen molar-refractivity contribution < 1.29 is 19.4 Å². The first-order chi connectivity index (χ1) is 12.0. The fourth-order valence-electron chi connectivity index (χ4n) is 3.69. The average Bonchev–Trinajstić information content (AvgIpc) is 3.21. The van der Waals surface area contributed by atoms with Crippen molar-refractivity contribution in [2.75, 3.05) is 6.61 Å². The van der Waals surface area contributed by atoms with E-state index in [9.17, 15) is 9.90 Å². The molecule has 0 saturated heterocycles. The molecular weight excluding hydrogens is 316 g/mol. The minimum Gasteiger partial charge on any atom is -0.493 e. The normalized spacial score (nSPS) is 15.4. The van der Waals surface area contributed by atoms with E-state index in [0.29, 0.717) is 12.4 Å². The fourth-order valence-corrected chi connectivity index (χ4v) is 3.69. The number of carbonyl (C=O) groups is 1. The highest BCUT2D eigenvalue weighted by Gasteiger charge is 2.32. The van der Waals surface area contributed by atoms with Crippen LogP contribution in [0.1, 0.15) is 37.0 Å². The third kappa shape index (κ3) is 2.76. The molecule has 1 heterocycles. The molecule has 0 fully saturated rings. The molecule has 0 radical (unpaired) electrons. The molecule has 2 aromatic carbocycles. The van der Waals surface area contributed by atoms with Crippen LogP contribution < -0.4 is 9.47 Å². The van der Waals surface area contributed by atoms with Crippen molar-refractivity contribution in [2.24, 2.45) is 0 Å². The number of aryl methyl sites for hydroxylation is 1. The molecule has 1 N–H and O–H groups in total. The second-order valence-corrected chi connectivity index (χ2v) is 7.27. The van der Waals surface area contributed by atoms with E-state index in [1.54, 1.807) is 13.8 Å². The summed E-state index contributed by atoms with van der Waals surface area (Å²) in [5, 5.41) is 9.46. The van der Waals surface area contributed by atoms with Gasteiger partial charge in [-0.05, 0) is 61.4 Å². The Bertz CT molecular complexity index is 851. The van der Waals surface area contributed by atoms with Crippen LogP contribution in [-0.2, 0) is 24.1 Å². The van der Waals surface area contributed by atoms with Gasteiger partial charge in [-0.2, -0.15) is 0 Å². The lowest BCUT2D eigenvalue weighted by Crippen LogP contribution is -2.38. The minimum absolute atomic E-state index is 0.577. The third-order valence-electron chi connectivity index (χ3n) is 5.11. The topological polar surface area (TPSA) is 55.8 Å². The zero-order valence-corrected chi connectivity index (χ0v) is 14.6. The maximum Gasteiger partial charge on any atom is 0.347 e. The highest BCUT2D eigenvalue weighted by molar-refractivity contribution is 5.80. The van der Waals surface area contributed by atoms with Crippen molar-refractivity contribution in [1.82, 2.24) is 0 Å². The second-order valence-electron chi connectivity index (χ2n) is 7.27. The summed E-state index contributed by atoms with van der Waals surface area (Å²) in [4.78, 5) is 11.5. The van der Waals surface area contributed by atoms with Crippen LogP contribution in [0.5, 0.6) is 11.5 Å². The number of ether oxygens (including phenoxy) is 2. The SMILES string of the molecule is CC(C)(Oc1cc2c(cc1-c1cccc3c1CCC3)CCO2)C(=O)O. The zero-order chi connectivity index (χ0) is 17.6. The molecule has 0 saturated carbocycles. The lowest BCUT2D eigenvalue weighted by atomic mass is 9.94. The van der Waals surface area contributed by atoms with Crippen LogP contribution in [0.4, 0.5) is 0 Å². The predicted molar refractivity (Wildman–Crippen MR) is 95.4 cm³/mol. The van der Waals surface area contributed by atoms with Gasteiger partial charge in [-0.25, -0.2) is 4.79 Å². The number of hydrogen-bond acceptors (Lipinski definition) is 3. The first-order valence-corrected chi connectivity index (χ1v) is 8.79. The number of aliphatic carboxylic acids is 1. The van der Waals surface area contributed by atoms with E-state index >= 15 is 0 Å². The first-order valence-electron chi connectivity index (χ1n) is 8.79. The van der Waals surface area contributed by atoms with Gasteiger partial charge in [-0.3, -0.25) is 0 Å². The van der Waals surface area contributed by atoms with Gasteiger partial charge in [-0.1, -0.05) is 18.2 Å². The summed E-state index contributed by atoms with van der Waals surface area (Å²) in [5.74, 6) is 0.388. The molecule has 0 amide bonds. The molecule has 1 aliphatic carbocycles. The van der Waals surface area contributed by atoms with Crippen LogP contribution in [-0.4, -0.2) is 23.3 Å². The molecule has 1 aliphatic heterocycles. The van der Waals surface area contributed by atoms with E-state index < -0.39 is 11.6 Å². The summed E-state index contributed by atoms with van der Waals surface area (Å²) in [7, 11) is 0. The molecule has 4 rings (SSSR count). The van der Waals surface area contributed by atoms with Crippen molar-refractivity contribution in [3.05, 3.63) is 47.0 Å². The Balaban J connectivity index is 1.87. The van der Waals surface area contributed by atoms with Gasteiger partial charge in [-0.15, -0.1) is 0 Å². The van der Waals surface area contributed by atoms with Crippen LogP contribution in [0.2, 0.25) is 0 Å². The highest BCUT2D eigenvalue weighted by atomic mass is 16.5. The van der Waals surface area contributed by atoms with Gasteiger partial charge in [0.05, 0.1) is 6.61 Å². The Morgan fingerprint density at radius 1 is 1.12 bits per heavy atom. The molecule has 25 heavy (non-hydrogen) atoms. The number of rotatable bonds is 4. The zero-order valence-electron chi connectivity index (χ0n) is 14.6. The standard InChI is InChI=1S/C21H22O4/c1-21(2,20(22)23)25-19-12-18-14(9-10-24-18)11-17(19)16-8-4-6-13-5-3-7-15(13)16/h4,6,8,11-12H,3,5,7,9-10H2,1-2H3,(H,22,23). The summed E-state index contributed by atoms with van der Waals surface area (Å²) in [6.07, 6.45) is 4.20. The molecule has 0 spiro atoms. The minimum atomic E-state index is -1.31. The number of fused-ring (bicyclic) bond motifs is 2. The smallest absolute Gasteiger partial charge is 0.347 e. The van der Waals surface area contributed by atoms with Crippen molar-refractivity contribution in [3.63, 3.8) is 0 Å². The van der Waals surface area contributed by atoms with Crippen LogP contribution >= 0.6 is 0 Å². The summed E-state index contributed by atoms with van der Waals surface area (Å²) >= 11 is 0. The van der Waals surface area contributed by atoms with E-state index in [4.69, 9.17) is 9.47 Å². The number of carboxylic acids is 1. The van der Waals surface area contributed by atoms with Crippen molar-refractivity contribution >= 4 is 5.97 Å². The Kier molecular flexibility index (Phi) is 3.71. The van der Waals surface area contributed by atoms with E-state index in [1.807, 2.05) is 6.07 Å². The fraction of sp³-hybridized carbons (Fsp3) is 0.381. The molecule has 4 heteroatoms. The summed E-state index contributed by atoms with van der Waals surface area (Å²) in [5.41, 5.74) is 4.72. The van der Waals surface area contributed by atoms with Crippen LogP contribution in [0.15, 0.2) is 30.3 Å². The third-order valence-corrected chi connectivity index (χ3v) is 5.11. The number of hydrogen-bond donors (Lipinski definition) is 1. The second kappa shape index (κ2) is 5.80. The lowest BCUT2D eigenvalue weighted by molar-refractivity contribution is -0.152. The van der Waals surface area contributed by atoms with Crippen LogP contribution in [0, 0.1) is 0 Å². The van der Waals surface area contributed by atoms with Crippen LogP contribution in [0.3, 0.4) is 0 Å². The van der Waals surface area contributed by atoms with E-state index in [0.717, 1.165) is 48.1 Å². The maximum atomic E-state index is 11.5. The molecule has 0 atom stereocenters. The average molecular weight is 338 g/mol. The summed E-state index contributed by atoms with van der Waals surface area (Å²) in [6, 6.07) is 10.3. The Labute approximate surface area is 147 Å². The Hall–Kier alpha value is -2.49. The predicted octanol–water partition coefficient (Wildman–Crippen LogP) is 4.02. The van der Waals surface area contributed by atoms with Gasteiger partial charge >= 0.3 is 5.97 Å². The molecule has 4 nitrogen and oxygen atoms in total. The molecule has 0 unspecified atom stereocenters. The Morgan fingerprint density at radius 3 is 2.76 bits per heavy atom. The monoisotopic (exact) mass is 338 g/mol. The van der Waals surface area contributed by atoms with Gasteiger partial charge in [0.2, 0.25) is 0 Å². The quantitative estimate of drug-likeness (QED) is 0.915. The lowest BCUT2D eigenvalue weighted by Gasteiger charge is -2.24. The molecule has 0 bridgehead atoms.